The molecule has 1 atom stereocenters. The van der Waals surface area contributed by atoms with Gasteiger partial charge in [-0.05, 0) is 25.0 Å². The Balaban J connectivity index is 1.48. The molecule has 1 saturated heterocycles. The van der Waals surface area contributed by atoms with Crippen molar-refractivity contribution in [1.29, 1.82) is 0 Å². The van der Waals surface area contributed by atoms with Crippen molar-refractivity contribution in [3.8, 4) is 11.4 Å². The van der Waals surface area contributed by atoms with E-state index in [-0.39, 0.29) is 19.6 Å². The normalized spacial score (nSPS) is 20.8. The van der Waals surface area contributed by atoms with Gasteiger partial charge in [0.05, 0.1) is 30.0 Å². The topological polar surface area (TPSA) is 114 Å². The molecule has 14 heteroatoms. The second-order valence-corrected chi connectivity index (χ2v) is 9.80. The van der Waals surface area contributed by atoms with Crippen LogP contribution in [0.4, 0.5) is 28.0 Å². The lowest BCUT2D eigenvalue weighted by molar-refractivity contribution is -0.139. The molecule has 1 aliphatic carbocycles. The second kappa shape index (κ2) is 9.78. The zero-order chi connectivity index (χ0) is 27.1. The number of alkyl halides is 4. The number of pyridine rings is 1. The molecule has 2 aromatic heterocycles. The lowest BCUT2D eigenvalue weighted by Crippen LogP contribution is -2.51. The summed E-state index contributed by atoms with van der Waals surface area (Å²) < 4.78 is 61.6. The van der Waals surface area contributed by atoms with Crippen molar-refractivity contribution in [3.63, 3.8) is 0 Å². The van der Waals surface area contributed by atoms with Gasteiger partial charge in [0.2, 0.25) is 0 Å². The van der Waals surface area contributed by atoms with Crippen molar-refractivity contribution in [1.82, 2.24) is 24.9 Å². The number of carboxylic acids is 1. The van der Waals surface area contributed by atoms with Crippen molar-refractivity contribution >= 4 is 17.7 Å². The Kier molecular flexibility index (Phi) is 7.04. The van der Waals surface area contributed by atoms with Crippen LogP contribution in [-0.2, 0) is 23.2 Å². The van der Waals surface area contributed by atoms with E-state index < -0.39 is 61.7 Å². The summed E-state index contributed by atoms with van der Waals surface area (Å²) in [5.41, 5.74) is 1.98. The van der Waals surface area contributed by atoms with Crippen LogP contribution in [-0.4, -0.2) is 80.1 Å². The SMILES string of the molecule is Cc1nc(-c2nnn(C)c2COC(=O)N(C)C2CC(F)(F)C2)ccc1N1CC(CC(=O)O)CC(F)(F)C1. The van der Waals surface area contributed by atoms with Crippen LogP contribution in [0, 0.1) is 12.8 Å². The zero-order valence-electron chi connectivity index (χ0n) is 20.6. The van der Waals surface area contributed by atoms with Crippen LogP contribution in [0.25, 0.3) is 11.4 Å². The molecule has 1 saturated carbocycles. The first kappa shape index (κ1) is 26.6. The highest BCUT2D eigenvalue weighted by Crippen LogP contribution is 2.40. The third kappa shape index (κ3) is 5.93. The van der Waals surface area contributed by atoms with E-state index in [1.807, 2.05) is 0 Å². The van der Waals surface area contributed by atoms with Gasteiger partial charge in [0.25, 0.3) is 11.8 Å². The predicted molar refractivity (Wildman–Crippen MR) is 122 cm³/mol. The predicted octanol–water partition coefficient (Wildman–Crippen LogP) is 3.49. The number of aliphatic carboxylic acids is 1. The summed E-state index contributed by atoms with van der Waals surface area (Å²) in [7, 11) is 2.99. The van der Waals surface area contributed by atoms with Gasteiger partial charge < -0.3 is 19.6 Å². The number of ether oxygens (including phenoxy) is 1. The number of aryl methyl sites for hydroxylation is 2. The van der Waals surface area contributed by atoms with Crippen LogP contribution in [0.15, 0.2) is 12.1 Å². The quantitative estimate of drug-likeness (QED) is 0.544. The number of amides is 1. The summed E-state index contributed by atoms with van der Waals surface area (Å²) in [6.07, 6.45) is -2.41. The van der Waals surface area contributed by atoms with E-state index >= 15 is 0 Å². The number of halogens is 4. The van der Waals surface area contributed by atoms with Crippen LogP contribution < -0.4 is 4.90 Å². The molecule has 2 aromatic rings. The first-order valence-corrected chi connectivity index (χ1v) is 11.7. The average molecular weight is 529 g/mol. The number of aromatic nitrogens is 4. The number of anilines is 1. The molecule has 4 rings (SSSR count). The molecule has 202 valence electrons. The molecule has 1 aliphatic heterocycles. The summed E-state index contributed by atoms with van der Waals surface area (Å²) in [4.78, 5) is 30.5. The standard InChI is InChI=1S/C23H28F4N6O4/c1-13-17(33-10-14(6-19(34)35)7-23(26,27)12-33)5-4-16(28-13)20-18(32(3)30-29-20)11-37-21(36)31(2)15-8-22(24,25)9-15/h4-5,14-15H,6-12H2,1-3H3,(H,34,35). The molecule has 1 amide bonds. The smallest absolute Gasteiger partial charge is 0.410 e. The van der Waals surface area contributed by atoms with E-state index in [2.05, 4.69) is 15.3 Å². The zero-order valence-corrected chi connectivity index (χ0v) is 20.6. The van der Waals surface area contributed by atoms with Crippen LogP contribution in [0.5, 0.6) is 0 Å². The molecule has 2 aliphatic rings. The summed E-state index contributed by atoms with van der Waals surface area (Å²) in [5, 5.41) is 17.1. The monoisotopic (exact) mass is 528 g/mol. The largest absolute Gasteiger partial charge is 0.481 e. The number of carbonyl (C=O) groups excluding carboxylic acids is 1. The Morgan fingerprint density at radius 2 is 1.89 bits per heavy atom. The number of rotatable bonds is 7. The van der Waals surface area contributed by atoms with Gasteiger partial charge in [0.15, 0.2) is 0 Å². The molecule has 1 unspecified atom stereocenters. The van der Waals surface area contributed by atoms with Crippen LogP contribution in [0.1, 0.15) is 37.1 Å². The maximum Gasteiger partial charge on any atom is 0.410 e. The fourth-order valence-corrected chi connectivity index (χ4v) is 4.82. The number of carbonyl (C=O) groups is 2. The molecule has 37 heavy (non-hydrogen) atoms. The Morgan fingerprint density at radius 1 is 1.19 bits per heavy atom. The van der Waals surface area contributed by atoms with E-state index in [1.165, 1.54) is 16.6 Å². The molecule has 0 bridgehead atoms. The summed E-state index contributed by atoms with van der Waals surface area (Å²) in [6.45, 7) is 1.04. The van der Waals surface area contributed by atoms with Gasteiger partial charge in [-0.2, -0.15) is 0 Å². The van der Waals surface area contributed by atoms with Crippen molar-refractivity contribution in [3.05, 3.63) is 23.5 Å². The fraction of sp³-hybridized carbons (Fsp3) is 0.609. The van der Waals surface area contributed by atoms with Crippen LogP contribution >= 0.6 is 0 Å². The molecule has 2 fully saturated rings. The average Bonchev–Trinajstić information content (AvgIpc) is 3.13. The molecule has 1 N–H and O–H groups in total. The maximum atomic E-state index is 14.3. The molecule has 0 radical (unpaired) electrons. The number of nitrogens with zero attached hydrogens (tertiary/aromatic N) is 6. The van der Waals surface area contributed by atoms with Crippen molar-refractivity contribution in [2.45, 2.75) is 57.1 Å². The van der Waals surface area contributed by atoms with Gasteiger partial charge in [-0.1, -0.05) is 5.21 Å². The molecule has 3 heterocycles. The first-order valence-electron chi connectivity index (χ1n) is 11.7. The van der Waals surface area contributed by atoms with Crippen LogP contribution in [0.2, 0.25) is 0 Å². The van der Waals surface area contributed by atoms with Gasteiger partial charge in [-0.3, -0.25) is 4.79 Å². The lowest BCUT2D eigenvalue weighted by atomic mass is 9.87. The Morgan fingerprint density at radius 3 is 2.51 bits per heavy atom. The number of hydrogen-bond acceptors (Lipinski definition) is 7. The van der Waals surface area contributed by atoms with Crippen LogP contribution in [0.3, 0.4) is 0 Å². The minimum Gasteiger partial charge on any atom is -0.481 e. The minimum atomic E-state index is -3.03. The van der Waals surface area contributed by atoms with E-state index in [1.54, 1.807) is 26.1 Å². The summed E-state index contributed by atoms with van der Waals surface area (Å²) in [6, 6.07) is 2.60. The summed E-state index contributed by atoms with van der Waals surface area (Å²) in [5.74, 6) is -7.63. The van der Waals surface area contributed by atoms with Gasteiger partial charge in [0, 0.05) is 45.9 Å². The van der Waals surface area contributed by atoms with Crippen molar-refractivity contribution < 1.29 is 37.0 Å². The Hall–Kier alpha value is -3.45. The molecule has 0 spiro atoms. The third-order valence-corrected chi connectivity index (χ3v) is 6.77. The maximum absolute atomic E-state index is 14.3. The van der Waals surface area contributed by atoms with E-state index in [9.17, 15) is 27.2 Å². The molecular formula is C23H28F4N6O4. The minimum absolute atomic E-state index is 0.163. The first-order chi connectivity index (χ1) is 17.2. The van der Waals surface area contributed by atoms with Crippen molar-refractivity contribution in [2.24, 2.45) is 13.0 Å². The molecular weight excluding hydrogens is 500 g/mol. The highest BCUT2D eigenvalue weighted by molar-refractivity contribution is 5.69. The van der Waals surface area contributed by atoms with Gasteiger partial charge in [-0.25, -0.2) is 32.0 Å². The van der Waals surface area contributed by atoms with Gasteiger partial charge in [-0.15, -0.1) is 5.10 Å². The van der Waals surface area contributed by atoms with E-state index in [4.69, 9.17) is 9.84 Å². The molecule has 0 aromatic carbocycles. The van der Waals surface area contributed by atoms with Gasteiger partial charge in [0.1, 0.15) is 18.0 Å². The highest BCUT2D eigenvalue weighted by Gasteiger charge is 2.48. The third-order valence-electron chi connectivity index (χ3n) is 6.77. The van der Waals surface area contributed by atoms with E-state index in [0.717, 1.165) is 4.90 Å². The van der Waals surface area contributed by atoms with Gasteiger partial charge >= 0.3 is 12.1 Å². The summed E-state index contributed by atoms with van der Waals surface area (Å²) >= 11 is 0. The Labute approximate surface area is 210 Å². The second-order valence-electron chi connectivity index (χ2n) is 9.80. The number of hydrogen-bond donors (Lipinski definition) is 1. The number of piperidine rings is 1. The fourth-order valence-electron chi connectivity index (χ4n) is 4.82. The molecule has 10 nitrogen and oxygen atoms in total. The Bertz CT molecular complexity index is 1180. The van der Waals surface area contributed by atoms with E-state index in [0.29, 0.717) is 28.5 Å². The highest BCUT2D eigenvalue weighted by atomic mass is 19.3. The number of carboxylic acid groups (broad SMARTS) is 1. The lowest BCUT2D eigenvalue weighted by Gasteiger charge is -2.40. The van der Waals surface area contributed by atoms with Crippen molar-refractivity contribution in [2.75, 3.05) is 25.0 Å².